The van der Waals surface area contributed by atoms with Gasteiger partial charge in [-0.25, -0.2) is 0 Å². The first kappa shape index (κ1) is 14.9. The molecule has 0 fully saturated rings. The first-order valence-corrected chi connectivity index (χ1v) is 5.67. The predicted molar refractivity (Wildman–Crippen MR) is 60.8 cm³/mol. The van der Waals surface area contributed by atoms with Crippen molar-refractivity contribution in [3.05, 3.63) is 0 Å². The average molecular weight is 230 g/mol. The molecule has 0 aliphatic heterocycles. The predicted octanol–water partition coefficient (Wildman–Crippen LogP) is 2.02. The fraction of sp³-hybridized carbons (Fsp3) is 0.833. The van der Waals surface area contributed by atoms with Crippen molar-refractivity contribution in [1.82, 2.24) is 0 Å². The zero-order valence-corrected chi connectivity index (χ0v) is 10.8. The number of carbonyl (C=O) groups is 2. The lowest BCUT2D eigenvalue weighted by atomic mass is 10.2. The highest BCUT2D eigenvalue weighted by atomic mass is 16.6. The summed E-state index contributed by atoms with van der Waals surface area (Å²) in [5, 5.41) is 0. The van der Waals surface area contributed by atoms with Crippen molar-refractivity contribution >= 4 is 11.9 Å². The normalized spacial score (nSPS) is 11.0. The van der Waals surface area contributed by atoms with E-state index in [9.17, 15) is 9.59 Å². The zero-order valence-electron chi connectivity index (χ0n) is 10.8. The van der Waals surface area contributed by atoms with Gasteiger partial charge in [0.05, 0.1) is 13.2 Å². The van der Waals surface area contributed by atoms with E-state index >= 15 is 0 Å². The third kappa shape index (κ3) is 6.43. The van der Waals surface area contributed by atoms with E-state index in [1.54, 1.807) is 0 Å². The van der Waals surface area contributed by atoms with E-state index in [1.807, 2.05) is 27.7 Å². The fourth-order valence-corrected chi connectivity index (χ4v) is 0.844. The lowest BCUT2D eigenvalue weighted by Gasteiger charge is -2.13. The maximum Gasteiger partial charge on any atom is 0.320 e. The molecule has 0 radical (unpaired) electrons. The van der Waals surface area contributed by atoms with Gasteiger partial charge in [-0.15, -0.1) is 0 Å². The highest BCUT2D eigenvalue weighted by Crippen LogP contribution is 2.05. The molecule has 0 bridgehead atoms. The minimum absolute atomic E-state index is 0.267. The van der Waals surface area contributed by atoms with E-state index in [1.165, 1.54) is 6.92 Å². The van der Waals surface area contributed by atoms with E-state index in [-0.39, 0.29) is 11.8 Å². The van der Waals surface area contributed by atoms with Crippen molar-refractivity contribution in [2.45, 2.75) is 34.6 Å². The van der Waals surface area contributed by atoms with Gasteiger partial charge in [0, 0.05) is 0 Å². The van der Waals surface area contributed by atoms with Gasteiger partial charge in [0.15, 0.2) is 5.92 Å². The molecule has 94 valence electrons. The summed E-state index contributed by atoms with van der Waals surface area (Å²) in [5.74, 6) is -1.33. The molecule has 0 saturated heterocycles. The van der Waals surface area contributed by atoms with Crippen LogP contribution in [0.2, 0.25) is 0 Å². The Bertz CT molecular complexity index is 209. The van der Waals surface area contributed by atoms with Crippen LogP contribution in [0.4, 0.5) is 0 Å². The van der Waals surface area contributed by atoms with Crippen LogP contribution in [0.5, 0.6) is 0 Å². The summed E-state index contributed by atoms with van der Waals surface area (Å²) in [6, 6.07) is 0. The van der Waals surface area contributed by atoms with E-state index in [0.717, 1.165) is 0 Å². The highest BCUT2D eigenvalue weighted by Gasteiger charge is 2.24. The van der Waals surface area contributed by atoms with E-state index in [2.05, 4.69) is 0 Å². The summed E-state index contributed by atoms with van der Waals surface area (Å²) < 4.78 is 9.91. The smallest absolute Gasteiger partial charge is 0.320 e. The van der Waals surface area contributed by atoms with Crippen LogP contribution in [0.3, 0.4) is 0 Å². The number of rotatable bonds is 6. The van der Waals surface area contributed by atoms with Crippen molar-refractivity contribution in [2.24, 2.45) is 17.8 Å². The molecular formula is C12H22O4. The van der Waals surface area contributed by atoms with Gasteiger partial charge >= 0.3 is 11.9 Å². The Kier molecular flexibility index (Phi) is 6.77. The second-order valence-corrected chi connectivity index (χ2v) is 4.77. The maximum atomic E-state index is 11.4. The second-order valence-electron chi connectivity index (χ2n) is 4.77. The number of hydrogen-bond acceptors (Lipinski definition) is 4. The van der Waals surface area contributed by atoms with Crippen LogP contribution >= 0.6 is 0 Å². The minimum atomic E-state index is -0.836. The molecule has 0 spiro atoms. The summed E-state index contributed by atoms with van der Waals surface area (Å²) in [6.45, 7) is 9.93. The average Bonchev–Trinajstić information content (AvgIpc) is 2.21. The van der Waals surface area contributed by atoms with Gasteiger partial charge in [-0.3, -0.25) is 9.59 Å². The number of carbonyl (C=O) groups excluding carboxylic acids is 2. The number of esters is 2. The number of hydrogen-bond donors (Lipinski definition) is 0. The third-order valence-corrected chi connectivity index (χ3v) is 1.82. The molecule has 0 N–H and O–H groups in total. The van der Waals surface area contributed by atoms with Crippen LogP contribution in [0.25, 0.3) is 0 Å². The molecule has 0 aliphatic carbocycles. The van der Waals surface area contributed by atoms with Gasteiger partial charge in [-0.2, -0.15) is 0 Å². The molecule has 0 aromatic rings. The van der Waals surface area contributed by atoms with Gasteiger partial charge in [0.25, 0.3) is 0 Å². The van der Waals surface area contributed by atoms with Crippen molar-refractivity contribution < 1.29 is 19.1 Å². The monoisotopic (exact) mass is 230 g/mol. The zero-order chi connectivity index (χ0) is 12.7. The summed E-state index contributed by atoms with van der Waals surface area (Å²) in [5.41, 5.74) is 0. The Labute approximate surface area is 97.3 Å². The molecule has 0 atom stereocenters. The quantitative estimate of drug-likeness (QED) is 0.517. The molecule has 16 heavy (non-hydrogen) atoms. The Balaban J connectivity index is 3.97. The Hall–Kier alpha value is -1.06. The Morgan fingerprint density at radius 1 is 0.812 bits per heavy atom. The molecule has 0 saturated carbocycles. The van der Waals surface area contributed by atoms with Crippen molar-refractivity contribution in [3.63, 3.8) is 0 Å². The molecule has 0 aliphatic rings. The van der Waals surface area contributed by atoms with Crippen molar-refractivity contribution in [3.8, 4) is 0 Å². The highest BCUT2D eigenvalue weighted by molar-refractivity contribution is 5.94. The number of ether oxygens (including phenoxy) is 2. The van der Waals surface area contributed by atoms with Crippen LogP contribution in [-0.4, -0.2) is 25.2 Å². The molecule has 0 unspecified atom stereocenters. The lowest BCUT2D eigenvalue weighted by Crippen LogP contribution is -2.27. The first-order chi connectivity index (χ1) is 7.34. The molecule has 0 rings (SSSR count). The molecule has 4 nitrogen and oxygen atoms in total. The molecule has 4 heteroatoms. The van der Waals surface area contributed by atoms with Crippen LogP contribution < -0.4 is 0 Å². The second kappa shape index (κ2) is 7.25. The van der Waals surface area contributed by atoms with E-state index in [4.69, 9.17) is 9.47 Å². The summed E-state index contributed by atoms with van der Waals surface area (Å²) >= 11 is 0. The van der Waals surface area contributed by atoms with E-state index in [0.29, 0.717) is 13.2 Å². The molecule has 0 amide bonds. The fourth-order valence-electron chi connectivity index (χ4n) is 0.844. The van der Waals surface area contributed by atoms with E-state index < -0.39 is 17.9 Å². The van der Waals surface area contributed by atoms with Gasteiger partial charge in [0.1, 0.15) is 0 Å². The summed E-state index contributed by atoms with van der Waals surface area (Å²) in [7, 11) is 0. The van der Waals surface area contributed by atoms with Crippen LogP contribution in [0, 0.1) is 17.8 Å². The van der Waals surface area contributed by atoms with Gasteiger partial charge < -0.3 is 9.47 Å². The van der Waals surface area contributed by atoms with Crippen molar-refractivity contribution in [1.29, 1.82) is 0 Å². The molecular weight excluding hydrogens is 208 g/mol. The largest absolute Gasteiger partial charge is 0.465 e. The summed E-state index contributed by atoms with van der Waals surface area (Å²) in [4.78, 5) is 22.8. The SMILES string of the molecule is CC(C)COC(=O)C(C)C(=O)OCC(C)C. The topological polar surface area (TPSA) is 52.6 Å². The molecule has 0 aromatic heterocycles. The van der Waals surface area contributed by atoms with Gasteiger partial charge in [0.2, 0.25) is 0 Å². The lowest BCUT2D eigenvalue weighted by molar-refractivity contribution is -0.162. The molecule has 0 heterocycles. The Morgan fingerprint density at radius 2 is 1.12 bits per heavy atom. The van der Waals surface area contributed by atoms with Gasteiger partial charge in [-0.05, 0) is 18.8 Å². The summed E-state index contributed by atoms with van der Waals surface area (Å²) in [6.07, 6.45) is 0. The van der Waals surface area contributed by atoms with Crippen LogP contribution in [0.15, 0.2) is 0 Å². The van der Waals surface area contributed by atoms with Crippen LogP contribution in [-0.2, 0) is 19.1 Å². The van der Waals surface area contributed by atoms with Crippen molar-refractivity contribution in [2.75, 3.05) is 13.2 Å². The maximum absolute atomic E-state index is 11.4. The first-order valence-electron chi connectivity index (χ1n) is 5.67. The minimum Gasteiger partial charge on any atom is -0.465 e. The van der Waals surface area contributed by atoms with Crippen LogP contribution in [0.1, 0.15) is 34.6 Å². The third-order valence-electron chi connectivity index (χ3n) is 1.82. The standard InChI is InChI=1S/C12H22O4/c1-8(2)6-15-11(13)10(5)12(14)16-7-9(3)4/h8-10H,6-7H2,1-5H3. The Morgan fingerprint density at radius 3 is 1.38 bits per heavy atom. The molecule has 0 aromatic carbocycles. The van der Waals surface area contributed by atoms with Gasteiger partial charge in [-0.1, -0.05) is 27.7 Å².